The zero-order valence-electron chi connectivity index (χ0n) is 13.6. The van der Waals surface area contributed by atoms with E-state index in [2.05, 4.69) is 10.3 Å². The van der Waals surface area contributed by atoms with Gasteiger partial charge >= 0.3 is 0 Å². The second kappa shape index (κ2) is 5.68. The summed E-state index contributed by atoms with van der Waals surface area (Å²) in [4.78, 5) is 3.23. The minimum absolute atomic E-state index is 0.000343. The SMILES string of the molecule is COc1ccc2[nH]cc(C=C3c4cc(C(=N)N)ccc4NC3O)c2c1. The highest BCUT2D eigenvalue weighted by molar-refractivity contribution is 6.02. The van der Waals surface area contributed by atoms with E-state index in [-0.39, 0.29) is 5.84 Å². The summed E-state index contributed by atoms with van der Waals surface area (Å²) in [6.07, 6.45) is 3.02. The predicted molar refractivity (Wildman–Crippen MR) is 99.8 cm³/mol. The lowest BCUT2D eigenvalue weighted by molar-refractivity contribution is 0.266. The molecule has 0 saturated carbocycles. The maximum Gasteiger partial charge on any atom is 0.151 e. The van der Waals surface area contributed by atoms with Crippen LogP contribution in [-0.4, -0.2) is 29.3 Å². The fraction of sp³-hybridized carbons (Fsp3) is 0.105. The number of hydrogen-bond acceptors (Lipinski definition) is 4. The molecular weight excluding hydrogens is 316 g/mol. The van der Waals surface area contributed by atoms with Gasteiger partial charge in [0.1, 0.15) is 11.6 Å². The molecule has 2 aromatic carbocycles. The molecule has 1 unspecified atom stereocenters. The van der Waals surface area contributed by atoms with Gasteiger partial charge in [0, 0.05) is 45.1 Å². The van der Waals surface area contributed by atoms with Gasteiger partial charge in [-0.3, -0.25) is 5.41 Å². The van der Waals surface area contributed by atoms with Crippen molar-refractivity contribution in [2.75, 3.05) is 12.4 Å². The van der Waals surface area contributed by atoms with E-state index < -0.39 is 6.23 Å². The number of H-pyrrole nitrogens is 1. The standard InChI is InChI=1S/C19H18N4O2/c1-25-12-3-5-16-13(8-12)11(9-22-16)7-15-14-6-10(18(20)21)2-4-17(14)23-19(15)24/h2-9,19,22-24H,1H3,(H3,20,21). The summed E-state index contributed by atoms with van der Waals surface area (Å²) >= 11 is 0. The first kappa shape index (κ1) is 15.3. The second-order valence-corrected chi connectivity index (χ2v) is 5.98. The fourth-order valence-corrected chi connectivity index (χ4v) is 3.14. The van der Waals surface area contributed by atoms with Crippen LogP contribution in [0.3, 0.4) is 0 Å². The molecule has 0 spiro atoms. The predicted octanol–water partition coefficient (Wildman–Crippen LogP) is 2.75. The molecule has 6 heteroatoms. The molecule has 0 saturated heterocycles. The second-order valence-electron chi connectivity index (χ2n) is 5.98. The molecule has 1 aliphatic heterocycles. The molecule has 3 aromatic rings. The van der Waals surface area contributed by atoms with Crippen LogP contribution in [0.25, 0.3) is 22.6 Å². The monoisotopic (exact) mass is 334 g/mol. The zero-order valence-corrected chi connectivity index (χ0v) is 13.6. The summed E-state index contributed by atoms with van der Waals surface area (Å²) in [6, 6.07) is 11.2. The number of aromatic nitrogens is 1. The average molecular weight is 334 g/mol. The van der Waals surface area contributed by atoms with E-state index in [1.54, 1.807) is 13.2 Å². The number of aliphatic hydroxyl groups is 1. The molecule has 2 heterocycles. The van der Waals surface area contributed by atoms with Crippen molar-refractivity contribution in [2.45, 2.75) is 6.23 Å². The number of anilines is 1. The van der Waals surface area contributed by atoms with Crippen molar-refractivity contribution >= 4 is 34.1 Å². The summed E-state index contributed by atoms with van der Waals surface area (Å²) < 4.78 is 5.30. The van der Waals surface area contributed by atoms with Crippen molar-refractivity contribution in [3.8, 4) is 5.75 Å². The molecule has 6 N–H and O–H groups in total. The van der Waals surface area contributed by atoms with E-state index in [0.717, 1.165) is 39.0 Å². The number of methoxy groups -OCH3 is 1. The Labute approximate surface area is 144 Å². The molecule has 0 fully saturated rings. The van der Waals surface area contributed by atoms with Gasteiger partial charge in [-0.1, -0.05) is 0 Å². The maximum atomic E-state index is 10.4. The largest absolute Gasteiger partial charge is 0.497 e. The molecule has 0 radical (unpaired) electrons. The van der Waals surface area contributed by atoms with E-state index in [9.17, 15) is 5.11 Å². The average Bonchev–Trinajstić information content (AvgIpc) is 3.15. The Kier molecular flexibility index (Phi) is 3.47. The number of nitrogens with two attached hydrogens (primary N) is 1. The number of amidine groups is 1. The maximum absolute atomic E-state index is 10.4. The van der Waals surface area contributed by atoms with Gasteiger partial charge in [-0.2, -0.15) is 0 Å². The minimum Gasteiger partial charge on any atom is -0.497 e. The van der Waals surface area contributed by atoms with E-state index in [0.29, 0.717) is 5.56 Å². The van der Waals surface area contributed by atoms with Crippen LogP contribution in [0.5, 0.6) is 5.75 Å². The zero-order chi connectivity index (χ0) is 17.6. The first-order valence-electron chi connectivity index (χ1n) is 7.87. The van der Waals surface area contributed by atoms with Crippen molar-refractivity contribution < 1.29 is 9.84 Å². The van der Waals surface area contributed by atoms with Crippen LogP contribution in [0.1, 0.15) is 16.7 Å². The highest BCUT2D eigenvalue weighted by Crippen LogP contribution is 2.37. The van der Waals surface area contributed by atoms with Gasteiger partial charge in [-0.15, -0.1) is 0 Å². The van der Waals surface area contributed by atoms with Gasteiger partial charge in [-0.05, 0) is 42.5 Å². The number of rotatable bonds is 3. The molecule has 126 valence electrons. The van der Waals surface area contributed by atoms with E-state index in [1.807, 2.05) is 42.6 Å². The Morgan fingerprint density at radius 2 is 2.12 bits per heavy atom. The Morgan fingerprint density at radius 3 is 2.88 bits per heavy atom. The van der Waals surface area contributed by atoms with Crippen LogP contribution in [0.15, 0.2) is 42.6 Å². The Morgan fingerprint density at radius 1 is 1.28 bits per heavy atom. The number of ether oxygens (including phenoxy) is 1. The van der Waals surface area contributed by atoms with Crippen molar-refractivity contribution in [1.29, 1.82) is 5.41 Å². The van der Waals surface area contributed by atoms with Crippen LogP contribution < -0.4 is 15.8 Å². The first-order chi connectivity index (χ1) is 12.1. The number of nitrogens with one attached hydrogen (secondary N) is 3. The third-order valence-corrected chi connectivity index (χ3v) is 4.46. The van der Waals surface area contributed by atoms with Crippen LogP contribution in [0.2, 0.25) is 0 Å². The molecule has 4 rings (SSSR count). The lowest BCUT2D eigenvalue weighted by atomic mass is 10.0. The fourth-order valence-electron chi connectivity index (χ4n) is 3.14. The van der Waals surface area contributed by atoms with Crippen LogP contribution in [0.4, 0.5) is 5.69 Å². The minimum atomic E-state index is -0.812. The van der Waals surface area contributed by atoms with Gasteiger partial charge in [0.2, 0.25) is 0 Å². The highest BCUT2D eigenvalue weighted by Gasteiger charge is 2.25. The van der Waals surface area contributed by atoms with Gasteiger partial charge < -0.3 is 25.9 Å². The van der Waals surface area contributed by atoms with Gasteiger partial charge in [0.15, 0.2) is 6.23 Å². The smallest absolute Gasteiger partial charge is 0.151 e. The van der Waals surface area contributed by atoms with Gasteiger partial charge in [-0.25, -0.2) is 0 Å². The number of hydrogen-bond donors (Lipinski definition) is 5. The van der Waals surface area contributed by atoms with Crippen molar-refractivity contribution in [3.05, 3.63) is 59.3 Å². The van der Waals surface area contributed by atoms with E-state index in [1.165, 1.54) is 0 Å². The van der Waals surface area contributed by atoms with Gasteiger partial charge in [0.05, 0.1) is 7.11 Å². The van der Waals surface area contributed by atoms with E-state index in [4.69, 9.17) is 15.9 Å². The van der Waals surface area contributed by atoms with Crippen molar-refractivity contribution in [1.82, 2.24) is 4.98 Å². The quantitative estimate of drug-likeness (QED) is 0.375. The Bertz CT molecular complexity index is 1020. The molecule has 1 atom stereocenters. The summed E-state index contributed by atoms with van der Waals surface area (Å²) in [5.41, 5.74) is 10.6. The number of fused-ring (bicyclic) bond motifs is 2. The lowest BCUT2D eigenvalue weighted by Crippen LogP contribution is -2.12. The van der Waals surface area contributed by atoms with Crippen molar-refractivity contribution in [2.24, 2.45) is 5.73 Å². The molecule has 1 aromatic heterocycles. The summed E-state index contributed by atoms with van der Waals surface area (Å²) in [5, 5.41) is 22.1. The molecule has 0 aliphatic carbocycles. The number of aromatic amines is 1. The summed E-state index contributed by atoms with van der Waals surface area (Å²) in [5.74, 6) is 0.775. The topological polar surface area (TPSA) is 107 Å². The van der Waals surface area contributed by atoms with E-state index >= 15 is 0 Å². The number of aliphatic hydroxyl groups excluding tert-OH is 1. The molecule has 0 bridgehead atoms. The van der Waals surface area contributed by atoms with Gasteiger partial charge in [0.25, 0.3) is 0 Å². The number of nitrogen functional groups attached to an aromatic ring is 1. The summed E-state index contributed by atoms with van der Waals surface area (Å²) in [7, 11) is 1.64. The lowest BCUT2D eigenvalue weighted by Gasteiger charge is -2.06. The van der Waals surface area contributed by atoms with Crippen molar-refractivity contribution in [3.63, 3.8) is 0 Å². The Hall–Kier alpha value is -3.25. The highest BCUT2D eigenvalue weighted by atomic mass is 16.5. The molecule has 1 aliphatic rings. The Balaban J connectivity index is 1.85. The third-order valence-electron chi connectivity index (χ3n) is 4.46. The normalized spacial score (nSPS) is 17.5. The molecular formula is C19H18N4O2. The first-order valence-corrected chi connectivity index (χ1v) is 7.87. The molecule has 6 nitrogen and oxygen atoms in total. The van der Waals surface area contributed by atoms with Crippen LogP contribution in [0, 0.1) is 5.41 Å². The molecule has 0 amide bonds. The third kappa shape index (κ3) is 2.53. The number of benzene rings is 2. The van der Waals surface area contributed by atoms with Crippen LogP contribution in [-0.2, 0) is 0 Å². The molecule has 25 heavy (non-hydrogen) atoms. The summed E-state index contributed by atoms with van der Waals surface area (Å²) in [6.45, 7) is 0. The van der Waals surface area contributed by atoms with Crippen LogP contribution >= 0.6 is 0 Å².